The summed E-state index contributed by atoms with van der Waals surface area (Å²) in [7, 11) is 0. The van der Waals surface area contributed by atoms with E-state index in [1.54, 1.807) is 19.1 Å². The van der Waals surface area contributed by atoms with Gasteiger partial charge < -0.3 is 13.9 Å². The van der Waals surface area contributed by atoms with Crippen LogP contribution in [0.4, 0.5) is 0 Å². The summed E-state index contributed by atoms with van der Waals surface area (Å²) < 4.78 is 15.7. The van der Waals surface area contributed by atoms with Gasteiger partial charge in [-0.1, -0.05) is 76.9 Å². The topological polar surface area (TPSA) is 65.7 Å². The number of carbonyl (C=O) groups excluding carboxylic acids is 2. The summed E-state index contributed by atoms with van der Waals surface area (Å²) in [6, 6.07) is 3.16. The molecule has 1 aromatic rings. The Morgan fingerprint density at radius 1 is 0.812 bits per heavy atom. The first-order valence-corrected chi connectivity index (χ1v) is 12.7. The van der Waals surface area contributed by atoms with Crippen molar-refractivity contribution in [3.05, 3.63) is 30.0 Å². The Morgan fingerprint density at radius 3 is 2.03 bits per heavy atom. The van der Waals surface area contributed by atoms with Gasteiger partial charge in [0.05, 0.1) is 13.2 Å². The molecule has 5 nitrogen and oxygen atoms in total. The van der Waals surface area contributed by atoms with Crippen molar-refractivity contribution in [2.24, 2.45) is 0 Å². The Morgan fingerprint density at radius 2 is 1.41 bits per heavy atom. The van der Waals surface area contributed by atoms with Crippen molar-refractivity contribution in [3.8, 4) is 5.95 Å². The van der Waals surface area contributed by atoms with Gasteiger partial charge in [0.25, 0.3) is 5.95 Å². The summed E-state index contributed by atoms with van der Waals surface area (Å²) in [5, 5.41) is 0. The maximum Gasteiger partial charge on any atom is 0.313 e. The lowest BCUT2D eigenvalue weighted by molar-refractivity contribution is -0.142. The van der Waals surface area contributed by atoms with Crippen LogP contribution in [0.1, 0.15) is 121 Å². The number of ketones is 1. The third-order valence-corrected chi connectivity index (χ3v) is 5.37. The van der Waals surface area contributed by atoms with Crippen LogP contribution in [-0.4, -0.2) is 25.0 Å². The number of rotatable bonds is 21. The summed E-state index contributed by atoms with van der Waals surface area (Å²) in [6.07, 6.45) is 22.2. The van der Waals surface area contributed by atoms with Crippen LogP contribution >= 0.6 is 0 Å². The fourth-order valence-electron chi connectivity index (χ4n) is 3.50. The molecule has 32 heavy (non-hydrogen) atoms. The van der Waals surface area contributed by atoms with E-state index in [4.69, 9.17) is 13.9 Å². The Labute approximate surface area is 194 Å². The van der Waals surface area contributed by atoms with E-state index in [0.29, 0.717) is 12.6 Å². The fourth-order valence-corrected chi connectivity index (χ4v) is 3.50. The second kappa shape index (κ2) is 19.6. The highest BCUT2D eigenvalue weighted by atomic mass is 16.6. The first kappa shape index (κ1) is 28.0. The molecule has 0 N–H and O–H groups in total. The summed E-state index contributed by atoms with van der Waals surface area (Å²) in [5.74, 6) is -0.477. The van der Waals surface area contributed by atoms with Gasteiger partial charge in [-0.25, -0.2) is 0 Å². The van der Waals surface area contributed by atoms with Gasteiger partial charge in [-0.3, -0.25) is 9.59 Å². The zero-order valence-electron chi connectivity index (χ0n) is 20.4. The maximum atomic E-state index is 11.9. The molecule has 0 atom stereocenters. The summed E-state index contributed by atoms with van der Waals surface area (Å²) in [5.41, 5.74) is 0. The van der Waals surface area contributed by atoms with Crippen molar-refractivity contribution < 1.29 is 23.5 Å². The quantitative estimate of drug-likeness (QED) is 0.0630. The standard InChI is InChI=1S/C27H44O5/c1-3-5-6-7-8-9-10-11-12-13-14-15-16-17-18-19-22-31-27-21-20-25(32-27)24(28)23-26(29)30-4-2/h11-12,20-21H,3-10,13-19,22-23H2,1-2H3/b12-11-. The molecule has 0 bridgehead atoms. The van der Waals surface area contributed by atoms with Crippen molar-refractivity contribution in [1.82, 2.24) is 0 Å². The highest BCUT2D eigenvalue weighted by Gasteiger charge is 2.16. The van der Waals surface area contributed by atoms with Crippen molar-refractivity contribution in [1.29, 1.82) is 0 Å². The summed E-state index contributed by atoms with van der Waals surface area (Å²) in [4.78, 5) is 23.3. The molecule has 0 aliphatic carbocycles. The van der Waals surface area contributed by atoms with Gasteiger partial charge in [0.15, 0.2) is 5.76 Å². The third kappa shape index (κ3) is 14.9. The second-order valence-electron chi connectivity index (χ2n) is 8.31. The van der Waals surface area contributed by atoms with Crippen LogP contribution in [-0.2, 0) is 9.53 Å². The molecule has 0 radical (unpaired) electrons. The van der Waals surface area contributed by atoms with Crippen LogP contribution in [0, 0.1) is 0 Å². The number of furan rings is 1. The van der Waals surface area contributed by atoms with Gasteiger partial charge in [0, 0.05) is 6.07 Å². The molecular weight excluding hydrogens is 404 g/mol. The smallest absolute Gasteiger partial charge is 0.313 e. The molecule has 0 spiro atoms. The van der Waals surface area contributed by atoms with E-state index in [9.17, 15) is 9.59 Å². The number of hydrogen-bond donors (Lipinski definition) is 0. The Bertz CT molecular complexity index is 632. The summed E-state index contributed by atoms with van der Waals surface area (Å²) >= 11 is 0. The molecule has 0 amide bonds. The number of hydrogen-bond acceptors (Lipinski definition) is 5. The number of allylic oxidation sites excluding steroid dienone is 2. The minimum absolute atomic E-state index is 0.133. The molecule has 0 saturated carbocycles. The Kier molecular flexibility index (Phi) is 17.2. The number of esters is 1. The van der Waals surface area contributed by atoms with Crippen LogP contribution in [0.5, 0.6) is 5.95 Å². The molecule has 5 heteroatoms. The summed E-state index contributed by atoms with van der Waals surface area (Å²) in [6.45, 7) is 4.80. The van der Waals surface area contributed by atoms with E-state index in [1.807, 2.05) is 0 Å². The molecule has 0 fully saturated rings. The largest absolute Gasteiger partial charge is 0.466 e. The lowest BCUT2D eigenvalue weighted by Crippen LogP contribution is -2.10. The molecular formula is C27H44O5. The number of ether oxygens (including phenoxy) is 2. The van der Waals surface area contributed by atoms with Gasteiger partial charge in [0.2, 0.25) is 5.78 Å². The van der Waals surface area contributed by atoms with Crippen LogP contribution in [0.3, 0.4) is 0 Å². The third-order valence-electron chi connectivity index (χ3n) is 5.37. The van der Waals surface area contributed by atoms with E-state index in [2.05, 4.69) is 19.1 Å². The maximum absolute atomic E-state index is 11.9. The molecule has 0 aromatic carbocycles. The normalized spacial score (nSPS) is 11.2. The molecule has 0 unspecified atom stereocenters. The molecule has 182 valence electrons. The highest BCUT2D eigenvalue weighted by molar-refractivity contribution is 6.04. The van der Waals surface area contributed by atoms with E-state index in [0.717, 1.165) is 12.8 Å². The van der Waals surface area contributed by atoms with Crippen molar-refractivity contribution >= 4 is 11.8 Å². The highest BCUT2D eigenvalue weighted by Crippen LogP contribution is 2.18. The lowest BCUT2D eigenvalue weighted by Gasteiger charge is -2.03. The molecule has 0 aliphatic rings. The monoisotopic (exact) mass is 448 g/mol. The van der Waals surface area contributed by atoms with Crippen LogP contribution in [0.15, 0.2) is 28.7 Å². The molecule has 1 rings (SSSR count). The van der Waals surface area contributed by atoms with E-state index < -0.39 is 11.8 Å². The first-order valence-electron chi connectivity index (χ1n) is 12.7. The van der Waals surface area contributed by atoms with Gasteiger partial charge in [0.1, 0.15) is 6.42 Å². The predicted molar refractivity (Wildman–Crippen MR) is 129 cm³/mol. The van der Waals surface area contributed by atoms with Crippen molar-refractivity contribution in [2.45, 2.75) is 110 Å². The van der Waals surface area contributed by atoms with Gasteiger partial charge in [-0.05, 0) is 45.1 Å². The van der Waals surface area contributed by atoms with Gasteiger partial charge in [-0.2, -0.15) is 0 Å². The molecule has 0 saturated heterocycles. The van der Waals surface area contributed by atoms with Crippen LogP contribution < -0.4 is 4.74 Å². The number of unbranched alkanes of at least 4 members (excludes halogenated alkanes) is 12. The Hall–Kier alpha value is -2.04. The van der Waals surface area contributed by atoms with Gasteiger partial charge >= 0.3 is 5.97 Å². The number of Topliss-reactive ketones (excluding diaryl/α,β-unsaturated/α-hetero) is 1. The predicted octanol–water partition coefficient (Wildman–Crippen LogP) is 7.83. The number of carbonyl (C=O) groups is 2. The average molecular weight is 449 g/mol. The zero-order valence-corrected chi connectivity index (χ0v) is 20.4. The zero-order chi connectivity index (χ0) is 23.3. The molecule has 1 aromatic heterocycles. The Balaban J connectivity index is 1.93. The van der Waals surface area contributed by atoms with Crippen LogP contribution in [0.25, 0.3) is 0 Å². The first-order chi connectivity index (χ1) is 15.7. The van der Waals surface area contributed by atoms with Crippen molar-refractivity contribution in [2.75, 3.05) is 13.2 Å². The van der Waals surface area contributed by atoms with E-state index in [1.165, 1.54) is 77.0 Å². The molecule has 1 heterocycles. The van der Waals surface area contributed by atoms with Gasteiger partial charge in [-0.15, -0.1) is 0 Å². The lowest BCUT2D eigenvalue weighted by atomic mass is 10.1. The minimum atomic E-state index is -0.541. The SMILES string of the molecule is CCCCCCCC/C=C\CCCCCCCCOc1ccc(C(=O)CC(=O)OCC)o1. The fraction of sp³-hybridized carbons (Fsp3) is 0.704. The molecule has 0 aliphatic heterocycles. The van der Waals surface area contributed by atoms with Crippen molar-refractivity contribution in [3.63, 3.8) is 0 Å². The van der Waals surface area contributed by atoms with E-state index in [-0.39, 0.29) is 18.8 Å². The minimum Gasteiger partial charge on any atom is -0.466 e. The average Bonchev–Trinajstić information content (AvgIpc) is 3.25. The van der Waals surface area contributed by atoms with Crippen LogP contribution in [0.2, 0.25) is 0 Å². The van der Waals surface area contributed by atoms with E-state index >= 15 is 0 Å². The second-order valence-corrected chi connectivity index (χ2v) is 8.31.